The largest absolute Gasteiger partial charge is 0.497 e. The van der Waals surface area contributed by atoms with E-state index in [2.05, 4.69) is 18.3 Å². The molecule has 0 aliphatic carbocycles. The van der Waals surface area contributed by atoms with E-state index in [9.17, 15) is 9.59 Å². The summed E-state index contributed by atoms with van der Waals surface area (Å²) in [5.41, 5.74) is 2.72. The lowest BCUT2D eigenvalue weighted by atomic mass is 10.2. The van der Waals surface area contributed by atoms with E-state index in [1.165, 1.54) is 7.11 Å². The number of urea groups is 1. The summed E-state index contributed by atoms with van der Waals surface area (Å²) in [6, 6.07) is 16.8. The maximum Gasteiger partial charge on any atom is 0.322 e. The minimum Gasteiger partial charge on any atom is -0.497 e. The van der Waals surface area contributed by atoms with Crippen LogP contribution >= 0.6 is 11.3 Å². The zero-order valence-electron chi connectivity index (χ0n) is 21.6. The number of hydrogen-bond acceptors (Lipinski definition) is 5. The summed E-state index contributed by atoms with van der Waals surface area (Å²) in [5, 5.41) is 4.94. The number of thiophene rings is 1. The Kier molecular flexibility index (Phi) is 9.76. The summed E-state index contributed by atoms with van der Waals surface area (Å²) in [4.78, 5) is 31.5. The second kappa shape index (κ2) is 13.0. The van der Waals surface area contributed by atoms with Crippen LogP contribution in [0.4, 0.5) is 10.5 Å². The quantitative estimate of drug-likeness (QED) is 0.355. The molecule has 7 nitrogen and oxygen atoms in total. The molecule has 0 bridgehead atoms. The molecule has 0 aliphatic rings. The molecular weight excluding hydrogens is 474 g/mol. The fourth-order valence-corrected chi connectivity index (χ4v) is 4.72. The highest BCUT2D eigenvalue weighted by Gasteiger charge is 2.24. The zero-order valence-corrected chi connectivity index (χ0v) is 22.4. The van der Waals surface area contributed by atoms with Crippen molar-refractivity contribution in [3.05, 3.63) is 76.0 Å². The summed E-state index contributed by atoms with van der Waals surface area (Å²) < 4.78 is 10.7. The number of hydrogen-bond donors (Lipinski definition) is 1. The first-order valence-corrected chi connectivity index (χ1v) is 12.8. The van der Waals surface area contributed by atoms with E-state index < -0.39 is 0 Å². The molecular formula is C28H35N3O4S. The second-order valence-electron chi connectivity index (χ2n) is 9.03. The predicted octanol–water partition coefficient (Wildman–Crippen LogP) is 5.79. The Morgan fingerprint density at radius 1 is 0.972 bits per heavy atom. The highest BCUT2D eigenvalue weighted by Crippen LogP contribution is 2.29. The lowest BCUT2D eigenvalue weighted by molar-refractivity contribution is -0.133. The van der Waals surface area contributed by atoms with Crippen LogP contribution < -0.4 is 14.8 Å². The van der Waals surface area contributed by atoms with Gasteiger partial charge in [-0.2, -0.15) is 0 Å². The van der Waals surface area contributed by atoms with Gasteiger partial charge in [-0.3, -0.25) is 4.79 Å². The van der Waals surface area contributed by atoms with Crippen LogP contribution in [0.2, 0.25) is 0 Å². The van der Waals surface area contributed by atoms with Gasteiger partial charge in [-0.1, -0.05) is 44.2 Å². The fraction of sp³-hybridized carbons (Fsp3) is 0.357. The number of carbonyl (C=O) groups excluding carboxylic acids is 2. The van der Waals surface area contributed by atoms with Crippen molar-refractivity contribution in [3.63, 3.8) is 0 Å². The highest BCUT2D eigenvalue weighted by molar-refractivity contribution is 7.10. The van der Waals surface area contributed by atoms with E-state index >= 15 is 0 Å². The monoisotopic (exact) mass is 509 g/mol. The highest BCUT2D eigenvalue weighted by atomic mass is 32.1. The van der Waals surface area contributed by atoms with Gasteiger partial charge in [0.05, 0.1) is 26.5 Å². The number of amides is 3. The van der Waals surface area contributed by atoms with Crippen molar-refractivity contribution in [1.82, 2.24) is 9.80 Å². The van der Waals surface area contributed by atoms with Gasteiger partial charge in [0, 0.05) is 24.0 Å². The topological polar surface area (TPSA) is 71.1 Å². The normalized spacial score (nSPS) is 10.7. The van der Waals surface area contributed by atoms with E-state index in [1.54, 1.807) is 41.5 Å². The molecule has 0 radical (unpaired) electrons. The first-order chi connectivity index (χ1) is 17.3. The lowest BCUT2D eigenvalue weighted by Gasteiger charge is -2.29. The Bertz CT molecular complexity index is 1150. The molecule has 3 aromatic rings. The molecule has 3 amide bonds. The number of rotatable bonds is 11. The smallest absolute Gasteiger partial charge is 0.322 e. The third kappa shape index (κ3) is 7.49. The number of ether oxygens (including phenoxy) is 2. The average molecular weight is 510 g/mol. The standard InChI is InChI=1S/C28H35N3O4S/c1-20(2)16-31(28(33)29-24-12-11-23(34-4)15-25(24)35-5)19-27(32)30(17-22-9-7-6-8-10-22)18-26-21(3)13-14-36-26/h6-15,20H,16-19H2,1-5H3,(H,29,33). The van der Waals surface area contributed by atoms with Gasteiger partial charge in [0.15, 0.2) is 0 Å². The molecule has 192 valence electrons. The Morgan fingerprint density at radius 2 is 1.72 bits per heavy atom. The molecule has 0 fully saturated rings. The Balaban J connectivity index is 1.80. The van der Waals surface area contributed by atoms with Crippen LogP contribution in [-0.4, -0.2) is 49.0 Å². The minimum absolute atomic E-state index is 0.0280. The molecule has 1 N–H and O–H groups in total. The van der Waals surface area contributed by atoms with Crippen molar-refractivity contribution in [2.45, 2.75) is 33.9 Å². The molecule has 0 saturated heterocycles. The van der Waals surface area contributed by atoms with E-state index in [-0.39, 0.29) is 24.4 Å². The molecule has 0 unspecified atom stereocenters. The molecule has 1 aromatic heterocycles. The molecule has 0 saturated carbocycles. The first-order valence-electron chi connectivity index (χ1n) is 11.9. The summed E-state index contributed by atoms with van der Waals surface area (Å²) in [6.45, 7) is 7.48. The molecule has 36 heavy (non-hydrogen) atoms. The van der Waals surface area contributed by atoms with Crippen molar-refractivity contribution in [3.8, 4) is 11.5 Å². The second-order valence-corrected chi connectivity index (χ2v) is 10.0. The third-order valence-electron chi connectivity index (χ3n) is 5.72. The van der Waals surface area contributed by atoms with Crippen molar-refractivity contribution in [2.75, 3.05) is 32.6 Å². The number of benzene rings is 2. The summed E-state index contributed by atoms with van der Waals surface area (Å²) >= 11 is 1.64. The van der Waals surface area contributed by atoms with Crippen LogP contribution in [0.3, 0.4) is 0 Å². The van der Waals surface area contributed by atoms with Gasteiger partial charge in [-0.25, -0.2) is 4.79 Å². The lowest BCUT2D eigenvalue weighted by Crippen LogP contribution is -2.45. The van der Waals surface area contributed by atoms with E-state index in [4.69, 9.17) is 9.47 Å². The van der Waals surface area contributed by atoms with Crippen LogP contribution in [0.25, 0.3) is 0 Å². The number of aryl methyl sites for hydroxylation is 1. The maximum absolute atomic E-state index is 13.6. The van der Waals surface area contributed by atoms with Crippen LogP contribution in [0, 0.1) is 12.8 Å². The number of carbonyl (C=O) groups is 2. The van der Waals surface area contributed by atoms with Crippen molar-refractivity contribution in [1.29, 1.82) is 0 Å². The van der Waals surface area contributed by atoms with E-state index in [0.717, 1.165) is 16.0 Å². The maximum atomic E-state index is 13.6. The summed E-state index contributed by atoms with van der Waals surface area (Å²) in [7, 11) is 3.11. The Hall–Kier alpha value is -3.52. The Morgan fingerprint density at radius 3 is 2.33 bits per heavy atom. The van der Waals surface area contributed by atoms with Gasteiger partial charge < -0.3 is 24.6 Å². The van der Waals surface area contributed by atoms with E-state index in [0.29, 0.717) is 36.8 Å². The minimum atomic E-state index is -0.354. The molecule has 0 spiro atoms. The van der Waals surface area contributed by atoms with Gasteiger partial charge in [-0.05, 0) is 47.5 Å². The van der Waals surface area contributed by atoms with Crippen LogP contribution in [0.1, 0.15) is 29.9 Å². The molecule has 2 aromatic carbocycles. The molecule has 1 heterocycles. The average Bonchev–Trinajstić information content (AvgIpc) is 3.27. The molecule has 8 heteroatoms. The summed E-state index contributed by atoms with van der Waals surface area (Å²) in [5.74, 6) is 1.18. The van der Waals surface area contributed by atoms with Gasteiger partial charge in [0.25, 0.3) is 0 Å². The third-order valence-corrected chi connectivity index (χ3v) is 6.73. The first kappa shape index (κ1) is 27.1. The van der Waals surface area contributed by atoms with Crippen LogP contribution in [-0.2, 0) is 17.9 Å². The molecule has 0 aliphatic heterocycles. The van der Waals surface area contributed by atoms with Crippen LogP contribution in [0.15, 0.2) is 60.0 Å². The number of anilines is 1. The van der Waals surface area contributed by atoms with Crippen molar-refractivity contribution >= 4 is 29.0 Å². The SMILES string of the molecule is COc1ccc(NC(=O)N(CC(=O)N(Cc2ccccc2)Cc2sccc2C)CC(C)C)c(OC)c1. The predicted molar refractivity (Wildman–Crippen MR) is 145 cm³/mol. The number of nitrogens with zero attached hydrogens (tertiary/aromatic N) is 2. The van der Waals surface area contributed by atoms with Crippen molar-refractivity contribution in [2.24, 2.45) is 5.92 Å². The van der Waals surface area contributed by atoms with Crippen molar-refractivity contribution < 1.29 is 19.1 Å². The van der Waals surface area contributed by atoms with Gasteiger partial charge >= 0.3 is 6.03 Å². The van der Waals surface area contributed by atoms with E-state index in [1.807, 2.05) is 54.5 Å². The number of nitrogens with one attached hydrogen (secondary N) is 1. The summed E-state index contributed by atoms with van der Waals surface area (Å²) in [6.07, 6.45) is 0. The van der Waals surface area contributed by atoms with Gasteiger partial charge in [0.1, 0.15) is 18.0 Å². The zero-order chi connectivity index (χ0) is 26.1. The molecule has 3 rings (SSSR count). The fourth-order valence-electron chi connectivity index (χ4n) is 3.79. The van der Waals surface area contributed by atoms with Gasteiger partial charge in [-0.15, -0.1) is 11.3 Å². The van der Waals surface area contributed by atoms with Crippen LogP contribution in [0.5, 0.6) is 11.5 Å². The Labute approximate surface area is 217 Å². The molecule has 0 atom stereocenters. The van der Waals surface area contributed by atoms with Gasteiger partial charge in [0.2, 0.25) is 5.91 Å². The number of methoxy groups -OCH3 is 2.